The van der Waals surface area contributed by atoms with Crippen molar-refractivity contribution in [1.29, 1.82) is 0 Å². The molecule has 0 aliphatic heterocycles. The van der Waals surface area contributed by atoms with E-state index in [0.29, 0.717) is 30.2 Å². The summed E-state index contributed by atoms with van der Waals surface area (Å²) in [7, 11) is 0.386. The molecule has 2 aromatic carbocycles. The molecule has 178 valence electrons. The van der Waals surface area contributed by atoms with Gasteiger partial charge in [0, 0.05) is 47.6 Å². The Labute approximate surface area is 200 Å². The van der Waals surface area contributed by atoms with Gasteiger partial charge < -0.3 is 19.9 Å². The zero-order valence-corrected chi connectivity index (χ0v) is 20.3. The predicted molar refractivity (Wildman–Crippen MR) is 136 cm³/mol. The van der Waals surface area contributed by atoms with E-state index in [1.807, 2.05) is 62.3 Å². The number of fused-ring (bicyclic) bond motifs is 1. The second-order valence-electron chi connectivity index (χ2n) is 8.46. The van der Waals surface area contributed by atoms with Gasteiger partial charge in [0.05, 0.1) is 5.75 Å². The van der Waals surface area contributed by atoms with Gasteiger partial charge in [-0.2, -0.15) is 0 Å². The van der Waals surface area contributed by atoms with Crippen molar-refractivity contribution in [2.75, 3.05) is 32.5 Å². The number of H-pyrrole nitrogens is 1. The van der Waals surface area contributed by atoms with Gasteiger partial charge in [-0.1, -0.05) is 12.1 Å². The Balaban J connectivity index is 1.42. The van der Waals surface area contributed by atoms with Crippen LogP contribution < -0.4 is 14.8 Å². The highest BCUT2D eigenvalue weighted by Crippen LogP contribution is 2.28. The first-order valence-electron chi connectivity index (χ1n) is 11.0. The second-order valence-corrected chi connectivity index (χ2v) is 10.3. The molecule has 0 aliphatic carbocycles. The van der Waals surface area contributed by atoms with Crippen LogP contribution >= 0.6 is 0 Å². The summed E-state index contributed by atoms with van der Waals surface area (Å²) in [4.78, 5) is 9.59. The molecule has 0 spiro atoms. The standard InChI is InChI=1S/C25H29N5O3S/c1-18-13-20-15-22(7-8-24(20)28-18)33-23-9-10-26-25(16-23)29-21-6-4-5-19(14-21)17-34(31,32)27-11-12-30(2)3/h4-10,13-16,27-28H,11-12,17H2,1-3H3,(H,26,29). The number of pyridine rings is 1. The lowest BCUT2D eigenvalue weighted by Crippen LogP contribution is -2.32. The molecule has 3 N–H and O–H groups in total. The predicted octanol–water partition coefficient (Wildman–Crippen LogP) is 4.39. The van der Waals surface area contributed by atoms with Crippen LogP contribution in [0.1, 0.15) is 11.3 Å². The first-order chi connectivity index (χ1) is 16.3. The normalized spacial score (nSPS) is 11.8. The van der Waals surface area contributed by atoms with Crippen molar-refractivity contribution in [3.8, 4) is 11.5 Å². The summed E-state index contributed by atoms with van der Waals surface area (Å²) in [6, 6.07) is 18.9. The van der Waals surface area contributed by atoms with E-state index in [2.05, 4.69) is 26.1 Å². The number of aryl methyl sites for hydroxylation is 1. The first-order valence-corrected chi connectivity index (χ1v) is 12.6. The number of aromatic amines is 1. The maximum atomic E-state index is 12.4. The van der Waals surface area contributed by atoms with Gasteiger partial charge in [-0.3, -0.25) is 0 Å². The molecule has 4 rings (SSSR count). The molecule has 2 aromatic heterocycles. The van der Waals surface area contributed by atoms with Gasteiger partial charge in [0.25, 0.3) is 0 Å². The van der Waals surface area contributed by atoms with E-state index < -0.39 is 10.0 Å². The molecule has 0 saturated carbocycles. The van der Waals surface area contributed by atoms with Gasteiger partial charge in [-0.25, -0.2) is 18.1 Å². The third-order valence-corrected chi connectivity index (χ3v) is 6.49. The molecule has 34 heavy (non-hydrogen) atoms. The summed E-state index contributed by atoms with van der Waals surface area (Å²) in [5, 5.41) is 4.32. The van der Waals surface area contributed by atoms with Crippen molar-refractivity contribution in [2.24, 2.45) is 0 Å². The second kappa shape index (κ2) is 10.3. The summed E-state index contributed by atoms with van der Waals surface area (Å²) in [6.07, 6.45) is 1.67. The van der Waals surface area contributed by atoms with Crippen LogP contribution in [0.25, 0.3) is 10.9 Å². The largest absolute Gasteiger partial charge is 0.457 e. The van der Waals surface area contributed by atoms with Crippen LogP contribution in [0.5, 0.6) is 11.5 Å². The van der Waals surface area contributed by atoms with Crippen LogP contribution in [-0.4, -0.2) is 50.5 Å². The van der Waals surface area contributed by atoms with Crippen molar-refractivity contribution in [2.45, 2.75) is 12.7 Å². The molecular formula is C25H29N5O3S. The van der Waals surface area contributed by atoms with Gasteiger partial charge in [0.15, 0.2) is 0 Å². The van der Waals surface area contributed by atoms with Crippen LogP contribution in [0.4, 0.5) is 11.5 Å². The van der Waals surface area contributed by atoms with E-state index in [1.54, 1.807) is 24.4 Å². The minimum atomic E-state index is -3.42. The summed E-state index contributed by atoms with van der Waals surface area (Å²) in [5.41, 5.74) is 3.60. The molecule has 0 radical (unpaired) electrons. The van der Waals surface area contributed by atoms with Gasteiger partial charge in [-0.15, -0.1) is 0 Å². The third kappa shape index (κ3) is 6.57. The highest BCUT2D eigenvalue weighted by atomic mass is 32.2. The molecule has 0 unspecified atom stereocenters. The lowest BCUT2D eigenvalue weighted by molar-refractivity contribution is 0.412. The smallest absolute Gasteiger partial charge is 0.215 e. The molecule has 0 amide bonds. The number of hydrogen-bond donors (Lipinski definition) is 3. The summed E-state index contributed by atoms with van der Waals surface area (Å²) in [5.74, 6) is 1.89. The minimum Gasteiger partial charge on any atom is -0.457 e. The van der Waals surface area contributed by atoms with E-state index in [1.165, 1.54) is 0 Å². The molecule has 0 fully saturated rings. The van der Waals surface area contributed by atoms with Crippen LogP contribution in [0, 0.1) is 6.92 Å². The number of hydrogen-bond acceptors (Lipinski definition) is 6. The zero-order chi connectivity index (χ0) is 24.1. The molecular weight excluding hydrogens is 450 g/mol. The molecule has 9 heteroatoms. The van der Waals surface area contributed by atoms with Crippen LogP contribution in [-0.2, 0) is 15.8 Å². The Morgan fingerprint density at radius 3 is 2.68 bits per heavy atom. The van der Waals surface area contributed by atoms with E-state index in [9.17, 15) is 8.42 Å². The Morgan fingerprint density at radius 2 is 1.85 bits per heavy atom. The number of likely N-dealkylation sites (N-methyl/N-ethyl adjacent to an activating group) is 1. The van der Waals surface area contributed by atoms with Crippen molar-refractivity contribution in [3.63, 3.8) is 0 Å². The number of ether oxygens (including phenoxy) is 1. The fourth-order valence-corrected chi connectivity index (χ4v) is 4.70. The molecule has 0 saturated heterocycles. The Morgan fingerprint density at radius 1 is 1.03 bits per heavy atom. The number of benzene rings is 2. The van der Waals surface area contributed by atoms with Crippen molar-refractivity contribution in [3.05, 3.63) is 78.1 Å². The summed E-state index contributed by atoms with van der Waals surface area (Å²) in [6.45, 7) is 3.04. The van der Waals surface area contributed by atoms with Crippen molar-refractivity contribution < 1.29 is 13.2 Å². The van der Waals surface area contributed by atoms with E-state index >= 15 is 0 Å². The highest BCUT2D eigenvalue weighted by Gasteiger charge is 2.12. The molecule has 4 aromatic rings. The lowest BCUT2D eigenvalue weighted by Gasteiger charge is -2.12. The van der Waals surface area contributed by atoms with E-state index in [0.717, 1.165) is 28.0 Å². The number of anilines is 2. The van der Waals surface area contributed by atoms with Crippen LogP contribution in [0.15, 0.2) is 66.9 Å². The van der Waals surface area contributed by atoms with Gasteiger partial charge in [-0.05, 0) is 69.0 Å². The van der Waals surface area contributed by atoms with Crippen LogP contribution in [0.3, 0.4) is 0 Å². The van der Waals surface area contributed by atoms with Gasteiger partial charge in [0.2, 0.25) is 10.0 Å². The Bertz CT molecular complexity index is 1380. The Kier molecular flexibility index (Phi) is 7.16. The molecule has 0 aliphatic rings. The fourth-order valence-electron chi connectivity index (χ4n) is 3.58. The minimum absolute atomic E-state index is 0.0896. The third-order valence-electron chi connectivity index (χ3n) is 5.13. The lowest BCUT2D eigenvalue weighted by atomic mass is 10.2. The Hall–Kier alpha value is -3.40. The van der Waals surface area contributed by atoms with Crippen LogP contribution in [0.2, 0.25) is 0 Å². The number of nitrogens with zero attached hydrogens (tertiary/aromatic N) is 2. The maximum Gasteiger partial charge on any atom is 0.215 e. The fraction of sp³-hybridized carbons (Fsp3) is 0.240. The van der Waals surface area contributed by atoms with E-state index in [-0.39, 0.29) is 5.75 Å². The first kappa shape index (κ1) is 23.7. The molecule has 2 heterocycles. The maximum absolute atomic E-state index is 12.4. The van der Waals surface area contributed by atoms with E-state index in [4.69, 9.17) is 4.74 Å². The average Bonchev–Trinajstić information content (AvgIpc) is 3.13. The van der Waals surface area contributed by atoms with Gasteiger partial charge >= 0.3 is 0 Å². The SMILES string of the molecule is Cc1cc2cc(Oc3ccnc(Nc4cccc(CS(=O)(=O)NCCN(C)C)c4)c3)ccc2[nH]1. The van der Waals surface area contributed by atoms with Gasteiger partial charge in [0.1, 0.15) is 17.3 Å². The zero-order valence-electron chi connectivity index (χ0n) is 19.5. The summed E-state index contributed by atoms with van der Waals surface area (Å²) >= 11 is 0. The highest BCUT2D eigenvalue weighted by molar-refractivity contribution is 7.88. The average molecular weight is 480 g/mol. The number of sulfonamides is 1. The molecule has 0 atom stereocenters. The monoisotopic (exact) mass is 479 g/mol. The number of rotatable bonds is 10. The number of nitrogens with one attached hydrogen (secondary N) is 3. The van der Waals surface area contributed by atoms with Crippen molar-refractivity contribution >= 4 is 32.4 Å². The molecule has 0 bridgehead atoms. The van der Waals surface area contributed by atoms with Crippen molar-refractivity contribution in [1.82, 2.24) is 19.6 Å². The quantitative estimate of drug-likeness (QED) is 0.312. The summed E-state index contributed by atoms with van der Waals surface area (Å²) < 4.78 is 33.4. The topological polar surface area (TPSA) is 99.3 Å². The molecule has 8 nitrogen and oxygen atoms in total. The number of aromatic nitrogens is 2.